The first-order valence-electron chi connectivity index (χ1n) is 5.71. The molecule has 0 saturated heterocycles. The number of carboxylic acids is 1. The summed E-state index contributed by atoms with van der Waals surface area (Å²) in [6.45, 7) is 0. The Morgan fingerprint density at radius 2 is 1.95 bits per heavy atom. The Bertz CT molecular complexity index is 882. The van der Waals surface area contributed by atoms with Gasteiger partial charge >= 0.3 is 5.97 Å². The van der Waals surface area contributed by atoms with Gasteiger partial charge in [0.2, 0.25) is 0 Å². The fourth-order valence-corrected chi connectivity index (χ4v) is 3.17. The maximum Gasteiger partial charge on any atom is 0.335 e. The summed E-state index contributed by atoms with van der Waals surface area (Å²) in [6.07, 6.45) is 0. The van der Waals surface area contributed by atoms with E-state index in [2.05, 4.69) is 0 Å². The summed E-state index contributed by atoms with van der Waals surface area (Å²) >= 11 is 7.18. The normalized spacial score (nSPS) is 10.8. The monoisotopic (exact) mass is 305 g/mol. The summed E-state index contributed by atoms with van der Waals surface area (Å²) in [4.78, 5) is 23.4. The summed E-state index contributed by atoms with van der Waals surface area (Å²) < 4.78 is 2.29. The Hall–Kier alpha value is -2.11. The third-order valence-electron chi connectivity index (χ3n) is 2.86. The highest BCUT2D eigenvalue weighted by molar-refractivity contribution is 7.14. The molecule has 1 heterocycles. The first kappa shape index (κ1) is 12.9. The van der Waals surface area contributed by atoms with Gasteiger partial charge in [-0.1, -0.05) is 35.3 Å². The molecule has 0 bridgehead atoms. The van der Waals surface area contributed by atoms with Crippen molar-refractivity contribution in [2.75, 3.05) is 0 Å². The molecule has 0 radical (unpaired) electrons. The Kier molecular flexibility index (Phi) is 3.08. The van der Waals surface area contributed by atoms with Gasteiger partial charge in [0.25, 0.3) is 5.56 Å². The number of rotatable bonds is 2. The SMILES string of the molecule is O=C(O)c1cc(Cl)cc(-n2sc3ccccc3c2=O)c1. The number of hydrogen-bond acceptors (Lipinski definition) is 3. The number of hydrogen-bond donors (Lipinski definition) is 1. The van der Waals surface area contributed by atoms with Crippen LogP contribution in [0.25, 0.3) is 15.8 Å². The molecule has 0 amide bonds. The van der Waals surface area contributed by atoms with E-state index in [1.54, 1.807) is 18.2 Å². The number of aromatic nitrogens is 1. The van der Waals surface area contributed by atoms with Gasteiger partial charge in [0, 0.05) is 5.02 Å². The van der Waals surface area contributed by atoms with Crippen LogP contribution in [0.2, 0.25) is 5.02 Å². The smallest absolute Gasteiger partial charge is 0.335 e. The third-order valence-corrected chi connectivity index (χ3v) is 4.19. The van der Waals surface area contributed by atoms with Gasteiger partial charge in [0.1, 0.15) is 0 Å². The third kappa shape index (κ3) is 2.11. The lowest BCUT2D eigenvalue weighted by Crippen LogP contribution is -2.11. The Morgan fingerprint density at radius 1 is 1.20 bits per heavy atom. The number of benzene rings is 2. The maximum absolute atomic E-state index is 12.3. The second kappa shape index (κ2) is 4.77. The average molecular weight is 306 g/mol. The molecule has 2 aromatic carbocycles. The highest BCUT2D eigenvalue weighted by Crippen LogP contribution is 2.23. The fraction of sp³-hybridized carbons (Fsp3) is 0. The van der Waals surface area contributed by atoms with E-state index in [0.29, 0.717) is 11.1 Å². The lowest BCUT2D eigenvalue weighted by molar-refractivity contribution is 0.0697. The van der Waals surface area contributed by atoms with Crippen LogP contribution < -0.4 is 5.56 Å². The topological polar surface area (TPSA) is 59.3 Å². The highest BCUT2D eigenvalue weighted by atomic mass is 35.5. The zero-order valence-electron chi connectivity index (χ0n) is 10.0. The molecule has 0 saturated carbocycles. The molecule has 0 aliphatic rings. The largest absolute Gasteiger partial charge is 0.478 e. The predicted molar refractivity (Wildman–Crippen MR) is 79.4 cm³/mol. The molecule has 0 aliphatic carbocycles. The van der Waals surface area contributed by atoms with E-state index in [-0.39, 0.29) is 16.1 Å². The summed E-state index contributed by atoms with van der Waals surface area (Å²) in [7, 11) is 0. The second-order valence-electron chi connectivity index (χ2n) is 4.19. The van der Waals surface area contributed by atoms with Crippen molar-refractivity contribution in [3.05, 3.63) is 63.4 Å². The molecule has 0 fully saturated rings. The quantitative estimate of drug-likeness (QED) is 0.789. The molecule has 6 heteroatoms. The van der Waals surface area contributed by atoms with Gasteiger partial charge in [-0.05, 0) is 30.3 Å². The Balaban J connectivity index is 2.28. The molecule has 20 heavy (non-hydrogen) atoms. The van der Waals surface area contributed by atoms with Crippen LogP contribution in [-0.2, 0) is 0 Å². The summed E-state index contributed by atoms with van der Waals surface area (Å²) in [6, 6.07) is 11.6. The summed E-state index contributed by atoms with van der Waals surface area (Å²) in [5, 5.41) is 9.93. The maximum atomic E-state index is 12.3. The molecule has 3 rings (SSSR count). The summed E-state index contributed by atoms with van der Waals surface area (Å²) in [5.74, 6) is -1.08. The van der Waals surface area contributed by atoms with Crippen molar-refractivity contribution in [1.82, 2.24) is 3.96 Å². The predicted octanol–water partition coefficient (Wildman–Crippen LogP) is 3.40. The van der Waals surface area contributed by atoms with E-state index in [0.717, 1.165) is 4.70 Å². The minimum atomic E-state index is -1.08. The van der Waals surface area contributed by atoms with Crippen LogP contribution in [0.4, 0.5) is 0 Å². The van der Waals surface area contributed by atoms with Crippen molar-refractivity contribution >= 4 is 39.2 Å². The van der Waals surface area contributed by atoms with E-state index < -0.39 is 5.97 Å². The molecule has 0 unspecified atom stereocenters. The molecule has 4 nitrogen and oxygen atoms in total. The minimum absolute atomic E-state index is 0.0526. The molecule has 0 aliphatic heterocycles. The molecule has 1 N–H and O–H groups in total. The average Bonchev–Trinajstić information content (AvgIpc) is 2.76. The molecule has 1 aromatic heterocycles. The number of nitrogens with zero attached hydrogens (tertiary/aromatic N) is 1. The zero-order chi connectivity index (χ0) is 14.3. The Morgan fingerprint density at radius 3 is 2.65 bits per heavy atom. The van der Waals surface area contributed by atoms with E-state index in [1.165, 1.54) is 27.6 Å². The van der Waals surface area contributed by atoms with E-state index >= 15 is 0 Å². The van der Waals surface area contributed by atoms with Gasteiger partial charge < -0.3 is 5.11 Å². The number of aromatic carboxylic acids is 1. The number of carboxylic acid groups (broad SMARTS) is 1. The number of carbonyl (C=O) groups is 1. The van der Waals surface area contributed by atoms with Crippen molar-refractivity contribution in [2.24, 2.45) is 0 Å². The first-order valence-corrected chi connectivity index (χ1v) is 6.87. The van der Waals surface area contributed by atoms with E-state index in [1.807, 2.05) is 12.1 Å². The second-order valence-corrected chi connectivity index (χ2v) is 5.61. The lowest BCUT2D eigenvalue weighted by atomic mass is 10.2. The van der Waals surface area contributed by atoms with Crippen molar-refractivity contribution in [3.8, 4) is 5.69 Å². The van der Waals surface area contributed by atoms with E-state index in [4.69, 9.17) is 16.7 Å². The van der Waals surface area contributed by atoms with Gasteiger partial charge in [-0.15, -0.1) is 0 Å². The van der Waals surface area contributed by atoms with Crippen LogP contribution in [0, 0.1) is 0 Å². The van der Waals surface area contributed by atoms with Gasteiger partial charge in [-0.25, -0.2) is 8.75 Å². The first-order chi connectivity index (χ1) is 9.56. The van der Waals surface area contributed by atoms with Crippen LogP contribution in [0.1, 0.15) is 10.4 Å². The molecular weight excluding hydrogens is 298 g/mol. The molecule has 0 spiro atoms. The highest BCUT2D eigenvalue weighted by Gasteiger charge is 2.12. The van der Waals surface area contributed by atoms with Crippen molar-refractivity contribution < 1.29 is 9.90 Å². The van der Waals surface area contributed by atoms with Crippen LogP contribution in [0.3, 0.4) is 0 Å². The van der Waals surface area contributed by atoms with Gasteiger partial charge in [-0.2, -0.15) is 0 Å². The fourth-order valence-electron chi connectivity index (χ4n) is 1.96. The molecular formula is C14H8ClNO3S. The number of halogens is 1. The zero-order valence-corrected chi connectivity index (χ0v) is 11.6. The van der Waals surface area contributed by atoms with Crippen LogP contribution in [0.15, 0.2) is 47.3 Å². The van der Waals surface area contributed by atoms with E-state index in [9.17, 15) is 9.59 Å². The van der Waals surface area contributed by atoms with Crippen molar-refractivity contribution in [3.63, 3.8) is 0 Å². The molecule has 100 valence electrons. The lowest BCUT2D eigenvalue weighted by Gasteiger charge is -2.03. The standard InChI is InChI=1S/C14H8ClNO3S/c15-9-5-8(14(18)19)6-10(7-9)16-13(17)11-3-1-2-4-12(11)20-16/h1-7H,(H,18,19). The van der Waals surface area contributed by atoms with Crippen molar-refractivity contribution in [1.29, 1.82) is 0 Å². The molecule has 3 aromatic rings. The van der Waals surface area contributed by atoms with Crippen molar-refractivity contribution in [2.45, 2.75) is 0 Å². The van der Waals surface area contributed by atoms with Gasteiger partial charge in [-0.3, -0.25) is 4.79 Å². The van der Waals surface area contributed by atoms with Crippen LogP contribution >= 0.6 is 23.1 Å². The number of fused-ring (bicyclic) bond motifs is 1. The van der Waals surface area contributed by atoms with Gasteiger partial charge in [0.05, 0.1) is 21.3 Å². The minimum Gasteiger partial charge on any atom is -0.478 e. The van der Waals surface area contributed by atoms with Gasteiger partial charge in [0.15, 0.2) is 0 Å². The molecule has 0 atom stereocenters. The van der Waals surface area contributed by atoms with Crippen LogP contribution in [-0.4, -0.2) is 15.0 Å². The van der Waals surface area contributed by atoms with Crippen LogP contribution in [0.5, 0.6) is 0 Å². The summed E-state index contributed by atoms with van der Waals surface area (Å²) in [5.41, 5.74) is 0.335. The Labute approximate surface area is 122 Å².